The van der Waals surface area contributed by atoms with Crippen LogP contribution in [0.4, 0.5) is 0 Å². The van der Waals surface area contributed by atoms with Gasteiger partial charge in [0, 0.05) is 5.02 Å². The summed E-state index contributed by atoms with van der Waals surface area (Å²) in [4.78, 5) is 0. The first kappa shape index (κ1) is 8.35. The molecule has 0 unspecified atom stereocenters. The van der Waals surface area contributed by atoms with E-state index in [1.165, 1.54) is 5.56 Å². The van der Waals surface area contributed by atoms with Gasteiger partial charge in [-0.1, -0.05) is 37.2 Å². The highest BCUT2D eigenvalue weighted by Crippen LogP contribution is 2.17. The molecule has 1 aromatic carbocycles. The molecule has 0 heterocycles. The van der Waals surface area contributed by atoms with Crippen molar-refractivity contribution in [3.05, 3.63) is 47.0 Å². The molecule has 0 bridgehead atoms. The molecule has 0 aliphatic rings. The van der Waals surface area contributed by atoms with Crippen molar-refractivity contribution >= 4 is 11.6 Å². The molecule has 0 aliphatic carbocycles. The highest BCUT2D eigenvalue weighted by molar-refractivity contribution is 6.31. The smallest absolute Gasteiger partial charge is 0.0444 e. The molecule has 57 valence electrons. The molecule has 1 aromatic rings. The Bertz CT molecular complexity index is 264. The third-order valence-corrected chi connectivity index (χ3v) is 1.99. The minimum absolute atomic E-state index is 0.807. The zero-order valence-electron chi connectivity index (χ0n) is 6.52. The van der Waals surface area contributed by atoms with Crippen LogP contribution in [0.15, 0.2) is 24.8 Å². The molecule has 0 fully saturated rings. The zero-order valence-corrected chi connectivity index (χ0v) is 7.28. The minimum Gasteiger partial charge on any atom is -0.0906 e. The SMILES string of the molecule is C=[C]c1ccc(CC)c(Cl)c1. The molecule has 0 nitrogen and oxygen atoms in total. The van der Waals surface area contributed by atoms with Crippen LogP contribution in [0.25, 0.3) is 0 Å². The molecule has 0 spiro atoms. The summed E-state index contributed by atoms with van der Waals surface area (Å²) >= 11 is 5.94. The Morgan fingerprint density at radius 1 is 1.55 bits per heavy atom. The molecule has 1 rings (SSSR count). The average Bonchev–Trinajstić information content (AvgIpc) is 2.04. The molecule has 1 radical (unpaired) electrons. The summed E-state index contributed by atoms with van der Waals surface area (Å²) in [7, 11) is 0. The van der Waals surface area contributed by atoms with E-state index in [0.29, 0.717) is 0 Å². The van der Waals surface area contributed by atoms with Gasteiger partial charge in [0.2, 0.25) is 0 Å². The van der Waals surface area contributed by atoms with Gasteiger partial charge in [-0.25, -0.2) is 0 Å². The molecular formula is C10H10Cl. The lowest BCUT2D eigenvalue weighted by molar-refractivity contribution is 1.14. The van der Waals surface area contributed by atoms with Crippen LogP contribution in [0.5, 0.6) is 0 Å². The first-order valence-electron chi connectivity index (χ1n) is 3.59. The first-order chi connectivity index (χ1) is 5.27. The van der Waals surface area contributed by atoms with E-state index in [-0.39, 0.29) is 0 Å². The molecule has 0 aliphatic heterocycles. The van der Waals surface area contributed by atoms with Gasteiger partial charge >= 0.3 is 0 Å². The van der Waals surface area contributed by atoms with E-state index in [4.69, 9.17) is 11.6 Å². The van der Waals surface area contributed by atoms with Crippen LogP contribution >= 0.6 is 11.6 Å². The Morgan fingerprint density at radius 2 is 2.27 bits per heavy atom. The van der Waals surface area contributed by atoms with Gasteiger partial charge in [0.1, 0.15) is 0 Å². The second-order valence-corrected chi connectivity index (χ2v) is 2.74. The van der Waals surface area contributed by atoms with E-state index in [0.717, 1.165) is 17.0 Å². The molecule has 0 aromatic heterocycles. The summed E-state index contributed by atoms with van der Waals surface area (Å²) in [6.45, 7) is 5.63. The van der Waals surface area contributed by atoms with E-state index in [1.54, 1.807) is 0 Å². The van der Waals surface area contributed by atoms with Gasteiger partial charge < -0.3 is 0 Å². The lowest BCUT2D eigenvalue weighted by Gasteiger charge is -2.00. The Kier molecular flexibility index (Phi) is 2.72. The molecule has 1 heteroatoms. The van der Waals surface area contributed by atoms with Crippen molar-refractivity contribution in [3.8, 4) is 0 Å². The van der Waals surface area contributed by atoms with Crippen molar-refractivity contribution in [2.75, 3.05) is 0 Å². The number of hydrogen-bond donors (Lipinski definition) is 0. The molecule has 0 amide bonds. The van der Waals surface area contributed by atoms with Crippen LogP contribution in [0.2, 0.25) is 5.02 Å². The summed E-state index contributed by atoms with van der Waals surface area (Å²) < 4.78 is 0. The molecule has 0 saturated carbocycles. The lowest BCUT2D eigenvalue weighted by atomic mass is 10.1. The maximum absolute atomic E-state index is 5.94. The van der Waals surface area contributed by atoms with Gasteiger partial charge in [0.25, 0.3) is 0 Å². The van der Waals surface area contributed by atoms with Crippen molar-refractivity contribution in [1.29, 1.82) is 0 Å². The van der Waals surface area contributed by atoms with Crippen LogP contribution in [0.1, 0.15) is 18.1 Å². The highest BCUT2D eigenvalue weighted by atomic mass is 35.5. The second-order valence-electron chi connectivity index (χ2n) is 2.34. The van der Waals surface area contributed by atoms with E-state index in [2.05, 4.69) is 19.6 Å². The monoisotopic (exact) mass is 165 g/mol. The quantitative estimate of drug-likeness (QED) is 0.631. The van der Waals surface area contributed by atoms with Crippen molar-refractivity contribution in [2.24, 2.45) is 0 Å². The number of aryl methyl sites for hydroxylation is 1. The van der Waals surface area contributed by atoms with E-state index >= 15 is 0 Å². The van der Waals surface area contributed by atoms with Crippen molar-refractivity contribution in [1.82, 2.24) is 0 Å². The predicted octanol–water partition coefficient (Wildman–Crippen LogP) is 3.24. The number of rotatable bonds is 2. The van der Waals surface area contributed by atoms with Crippen molar-refractivity contribution in [3.63, 3.8) is 0 Å². The summed E-state index contributed by atoms with van der Waals surface area (Å²) in [6, 6.07) is 5.86. The second kappa shape index (κ2) is 3.59. The fourth-order valence-corrected chi connectivity index (χ4v) is 1.26. The summed E-state index contributed by atoms with van der Waals surface area (Å²) in [5, 5.41) is 0.807. The maximum Gasteiger partial charge on any atom is 0.0444 e. The average molecular weight is 166 g/mol. The van der Waals surface area contributed by atoms with Gasteiger partial charge in [-0.05, 0) is 29.7 Å². The van der Waals surface area contributed by atoms with Gasteiger partial charge in [-0.2, -0.15) is 0 Å². The molecule has 0 N–H and O–H groups in total. The third kappa shape index (κ3) is 1.84. The maximum atomic E-state index is 5.94. The van der Waals surface area contributed by atoms with Crippen LogP contribution < -0.4 is 0 Å². The standard InChI is InChI=1S/C10H10Cl/c1-3-8-5-6-9(4-2)10(11)7-8/h5-7H,1,4H2,2H3. The first-order valence-corrected chi connectivity index (χ1v) is 3.97. The summed E-state index contributed by atoms with van der Waals surface area (Å²) in [6.07, 6.45) is 3.75. The van der Waals surface area contributed by atoms with Gasteiger partial charge in [-0.15, -0.1) is 0 Å². The van der Waals surface area contributed by atoms with Crippen LogP contribution in [0.3, 0.4) is 0 Å². The predicted molar refractivity (Wildman–Crippen MR) is 48.8 cm³/mol. The van der Waals surface area contributed by atoms with Crippen molar-refractivity contribution in [2.45, 2.75) is 13.3 Å². The highest BCUT2D eigenvalue weighted by Gasteiger charge is 1.96. The number of benzene rings is 1. The lowest BCUT2D eigenvalue weighted by Crippen LogP contribution is -1.82. The number of hydrogen-bond acceptors (Lipinski definition) is 0. The Morgan fingerprint density at radius 3 is 2.73 bits per heavy atom. The normalized spacial score (nSPS) is 9.64. The largest absolute Gasteiger partial charge is 0.0906 e. The number of halogens is 1. The third-order valence-electron chi connectivity index (χ3n) is 1.64. The fourth-order valence-electron chi connectivity index (χ4n) is 0.944. The molecule has 0 saturated heterocycles. The Hall–Kier alpha value is -0.750. The molecule has 0 atom stereocenters. The topological polar surface area (TPSA) is 0 Å². The minimum atomic E-state index is 0.807. The van der Waals surface area contributed by atoms with Gasteiger partial charge in [-0.3, -0.25) is 0 Å². The van der Waals surface area contributed by atoms with Crippen LogP contribution in [-0.4, -0.2) is 0 Å². The van der Waals surface area contributed by atoms with Crippen LogP contribution in [-0.2, 0) is 6.42 Å². The zero-order chi connectivity index (χ0) is 8.27. The van der Waals surface area contributed by atoms with Crippen LogP contribution in [0, 0.1) is 6.08 Å². The Labute approximate surface area is 72.5 Å². The van der Waals surface area contributed by atoms with E-state index in [9.17, 15) is 0 Å². The molecular weight excluding hydrogens is 156 g/mol. The van der Waals surface area contributed by atoms with Gasteiger partial charge in [0.05, 0.1) is 0 Å². The Balaban J connectivity index is 3.09. The summed E-state index contributed by atoms with van der Waals surface area (Å²) in [5.41, 5.74) is 2.12. The fraction of sp³-hybridized carbons (Fsp3) is 0.200. The van der Waals surface area contributed by atoms with Gasteiger partial charge in [0.15, 0.2) is 0 Å². The van der Waals surface area contributed by atoms with E-state index < -0.39 is 0 Å². The van der Waals surface area contributed by atoms with E-state index in [1.807, 2.05) is 18.2 Å². The van der Waals surface area contributed by atoms with Crippen molar-refractivity contribution < 1.29 is 0 Å². The summed E-state index contributed by atoms with van der Waals surface area (Å²) in [5.74, 6) is 0. The molecule has 11 heavy (non-hydrogen) atoms.